The molecule has 0 aliphatic carbocycles. The molecule has 0 aromatic heterocycles. The molecule has 5 aromatic carbocycles. The topological polar surface area (TPSA) is 190 Å². The van der Waals surface area contributed by atoms with E-state index in [1.807, 2.05) is 54.6 Å². The van der Waals surface area contributed by atoms with Crippen molar-refractivity contribution < 1.29 is 46.9 Å². The van der Waals surface area contributed by atoms with Crippen LogP contribution in [-0.4, -0.2) is 89.4 Å². The number of carbonyl (C=O) groups is 5. The average Bonchev–Trinajstić information content (AvgIpc) is 3.67. The van der Waals surface area contributed by atoms with Gasteiger partial charge in [0.1, 0.15) is 43.0 Å². The van der Waals surface area contributed by atoms with Crippen molar-refractivity contribution in [1.29, 1.82) is 0 Å². The van der Waals surface area contributed by atoms with Crippen LogP contribution in [0.25, 0.3) is 21.5 Å². The minimum Gasteiger partial charge on any atom is -0.492 e. The lowest BCUT2D eigenvalue weighted by molar-refractivity contribution is -0.134. The largest absolute Gasteiger partial charge is 0.492 e. The fourth-order valence-electron chi connectivity index (χ4n) is 7.81. The first kappa shape index (κ1) is 40.5. The van der Waals surface area contributed by atoms with E-state index in [4.69, 9.17) is 9.47 Å². The van der Waals surface area contributed by atoms with Gasteiger partial charge in [-0.25, -0.2) is 13.4 Å². The Labute approximate surface area is 346 Å². The highest BCUT2D eigenvalue weighted by molar-refractivity contribution is 8.24. The standard InChI is InChI=1S/C43H43FN6O9S/c1-48(38(53)23-45-18-6-9-27-13-15-33-39-30(27)10-5-11-31(39)43(55)50(33)34-16-17-36(51)46-42(34)54)19-20-58-29-14-12-28-21-35(59-25-26-7-3-2-4-8-26)41(40(44)32(28)22-29)49-24-37(52)47-60(49,56)57/h2-5,7-8,10-15,21-22,34,45,56-57H,6,9,16-20,23-25H2,1H3,(H,47,52)(H,46,51,54). The van der Waals surface area contributed by atoms with Crippen molar-refractivity contribution >= 4 is 73.4 Å². The first-order chi connectivity index (χ1) is 28.9. The van der Waals surface area contributed by atoms with Crippen molar-refractivity contribution in [3.8, 4) is 11.5 Å². The highest BCUT2D eigenvalue weighted by atomic mass is 32.3. The average molecular weight is 839 g/mol. The first-order valence-electron chi connectivity index (χ1n) is 19.5. The third-order valence-electron chi connectivity index (χ3n) is 10.9. The SMILES string of the molecule is CN(CCOc1ccc2cc(OCc3ccccc3)c(N3CC(=O)NS3(O)O)c(F)c2c1)C(=O)CNCCCc1ccc2c3c(cccc13)C(=O)N2C1CCC(=O)NC1=O. The van der Waals surface area contributed by atoms with Gasteiger partial charge in [0, 0.05) is 29.8 Å². The van der Waals surface area contributed by atoms with Gasteiger partial charge in [-0.05, 0) is 89.0 Å². The molecular formula is C43H43FN6O9S. The van der Waals surface area contributed by atoms with Crippen LogP contribution < -0.4 is 34.0 Å². The molecule has 2 saturated heterocycles. The number of carbonyl (C=O) groups excluding carboxylic acids is 5. The van der Waals surface area contributed by atoms with Crippen LogP contribution in [0.5, 0.6) is 11.5 Å². The molecule has 3 heterocycles. The summed E-state index contributed by atoms with van der Waals surface area (Å²) in [4.78, 5) is 65.9. The van der Waals surface area contributed by atoms with Crippen LogP contribution in [0.4, 0.5) is 15.8 Å². The molecule has 60 heavy (non-hydrogen) atoms. The molecule has 5 N–H and O–H groups in total. The maximum Gasteiger partial charge on any atom is 0.260 e. The van der Waals surface area contributed by atoms with E-state index in [9.17, 15) is 33.1 Å². The molecule has 3 aliphatic rings. The van der Waals surface area contributed by atoms with Gasteiger partial charge >= 0.3 is 0 Å². The van der Waals surface area contributed by atoms with Crippen molar-refractivity contribution in [3.05, 3.63) is 107 Å². The van der Waals surface area contributed by atoms with Crippen molar-refractivity contribution in [2.75, 3.05) is 49.0 Å². The lowest BCUT2D eigenvalue weighted by Gasteiger charge is -2.37. The molecule has 0 radical (unpaired) electrons. The molecule has 5 aromatic rings. The third kappa shape index (κ3) is 8.03. The van der Waals surface area contributed by atoms with E-state index in [1.165, 1.54) is 15.9 Å². The number of hydrogen-bond donors (Lipinski definition) is 5. The van der Waals surface area contributed by atoms with Gasteiger partial charge in [-0.3, -0.25) is 43.3 Å². The van der Waals surface area contributed by atoms with Gasteiger partial charge < -0.3 is 19.7 Å². The minimum atomic E-state index is -3.86. The van der Waals surface area contributed by atoms with Crippen molar-refractivity contribution in [2.24, 2.45) is 0 Å². The Bertz CT molecular complexity index is 2540. The van der Waals surface area contributed by atoms with E-state index >= 15 is 4.39 Å². The fraction of sp³-hybridized carbons (Fsp3) is 0.279. The van der Waals surface area contributed by atoms with E-state index in [-0.39, 0.29) is 73.7 Å². The zero-order valence-electron chi connectivity index (χ0n) is 32.6. The highest BCUT2D eigenvalue weighted by Crippen LogP contribution is 2.51. The number of piperidine rings is 1. The summed E-state index contributed by atoms with van der Waals surface area (Å²) in [7, 11) is -2.20. The summed E-state index contributed by atoms with van der Waals surface area (Å²) in [5.41, 5.74) is 2.77. The van der Waals surface area contributed by atoms with Crippen LogP contribution in [-0.2, 0) is 32.2 Å². The quantitative estimate of drug-likeness (QED) is 0.0701. The normalized spacial score (nSPS) is 17.6. The Hall–Kier alpha value is -6.27. The molecule has 5 amide bonds. The van der Waals surface area contributed by atoms with Crippen LogP contribution in [0.3, 0.4) is 0 Å². The number of halogens is 1. The van der Waals surface area contributed by atoms with Gasteiger partial charge in [0.2, 0.25) is 17.7 Å². The van der Waals surface area contributed by atoms with Crippen molar-refractivity contribution in [2.45, 2.75) is 38.3 Å². The zero-order valence-corrected chi connectivity index (χ0v) is 33.4. The van der Waals surface area contributed by atoms with Gasteiger partial charge in [0.25, 0.3) is 11.8 Å². The molecule has 0 spiro atoms. The summed E-state index contributed by atoms with van der Waals surface area (Å²) < 4.78 is 52.5. The third-order valence-corrected chi connectivity index (χ3v) is 12.3. The number of rotatable bonds is 15. The molecule has 1 unspecified atom stereocenters. The molecule has 2 fully saturated rings. The number of nitrogens with zero attached hydrogens (tertiary/aromatic N) is 3. The smallest absolute Gasteiger partial charge is 0.260 e. The number of aryl methyl sites for hydroxylation is 1. The number of anilines is 2. The highest BCUT2D eigenvalue weighted by Gasteiger charge is 2.41. The second-order valence-corrected chi connectivity index (χ2v) is 16.5. The van der Waals surface area contributed by atoms with E-state index < -0.39 is 41.2 Å². The molecule has 15 nitrogen and oxygen atoms in total. The van der Waals surface area contributed by atoms with Crippen LogP contribution in [0.1, 0.15) is 40.7 Å². The maximum absolute atomic E-state index is 16.4. The number of amides is 5. The van der Waals surface area contributed by atoms with Gasteiger partial charge in [-0.2, -0.15) is 0 Å². The maximum atomic E-state index is 16.4. The molecule has 1 atom stereocenters. The molecular weight excluding hydrogens is 796 g/mol. The number of hydrogen-bond acceptors (Lipinski definition) is 11. The molecule has 312 valence electrons. The Kier molecular flexibility index (Phi) is 11.3. The predicted octanol–water partition coefficient (Wildman–Crippen LogP) is 5.05. The summed E-state index contributed by atoms with van der Waals surface area (Å²) in [6.07, 6.45) is 1.84. The van der Waals surface area contributed by atoms with Gasteiger partial charge in [-0.15, -0.1) is 0 Å². The molecule has 8 rings (SSSR count). The summed E-state index contributed by atoms with van der Waals surface area (Å²) in [5.74, 6) is -2.36. The number of imide groups is 1. The predicted molar refractivity (Wildman–Crippen MR) is 224 cm³/mol. The fourth-order valence-corrected chi connectivity index (χ4v) is 9.02. The molecule has 17 heteroatoms. The van der Waals surface area contributed by atoms with Gasteiger partial charge in [-0.1, -0.05) is 54.6 Å². The summed E-state index contributed by atoms with van der Waals surface area (Å²) in [6, 6.07) is 24.2. The van der Waals surface area contributed by atoms with Gasteiger partial charge in [0.15, 0.2) is 5.82 Å². The van der Waals surface area contributed by atoms with E-state index in [2.05, 4.69) is 15.4 Å². The number of benzene rings is 5. The van der Waals surface area contributed by atoms with Crippen LogP contribution in [0.15, 0.2) is 84.9 Å². The van der Waals surface area contributed by atoms with Crippen molar-refractivity contribution in [3.63, 3.8) is 0 Å². The lowest BCUT2D eigenvalue weighted by atomic mass is 9.97. The monoisotopic (exact) mass is 838 g/mol. The summed E-state index contributed by atoms with van der Waals surface area (Å²) in [5, 5.41) is 7.83. The number of ether oxygens (including phenoxy) is 2. The Balaban J connectivity index is 0.847. The Morgan fingerprint density at radius 1 is 0.967 bits per heavy atom. The molecule has 0 bridgehead atoms. The number of fused-ring (bicyclic) bond motifs is 1. The second-order valence-electron chi connectivity index (χ2n) is 14.8. The van der Waals surface area contributed by atoms with Crippen LogP contribution in [0.2, 0.25) is 0 Å². The summed E-state index contributed by atoms with van der Waals surface area (Å²) >= 11 is 0. The lowest BCUT2D eigenvalue weighted by Crippen LogP contribution is -2.53. The Morgan fingerprint density at radius 3 is 2.55 bits per heavy atom. The summed E-state index contributed by atoms with van der Waals surface area (Å²) in [6.45, 7) is 0.600. The van der Waals surface area contributed by atoms with Crippen LogP contribution >= 0.6 is 11.0 Å². The minimum absolute atomic E-state index is 0.0294. The molecule has 3 aliphatic heterocycles. The van der Waals surface area contributed by atoms with Gasteiger partial charge in [0.05, 0.1) is 18.8 Å². The second kappa shape index (κ2) is 16.8. The first-order valence-corrected chi connectivity index (χ1v) is 21.0. The van der Waals surface area contributed by atoms with E-state index in [0.717, 1.165) is 26.2 Å². The molecule has 0 saturated carbocycles. The van der Waals surface area contributed by atoms with E-state index in [0.29, 0.717) is 41.8 Å². The zero-order chi connectivity index (χ0) is 42.1. The Morgan fingerprint density at radius 2 is 1.78 bits per heavy atom. The number of nitrogens with one attached hydrogen (secondary N) is 3. The van der Waals surface area contributed by atoms with E-state index in [1.54, 1.807) is 31.3 Å². The van der Waals surface area contributed by atoms with Crippen molar-refractivity contribution in [1.82, 2.24) is 20.3 Å². The van der Waals surface area contributed by atoms with Crippen LogP contribution in [0, 0.1) is 5.82 Å². The number of likely N-dealkylation sites (N-methyl/N-ethyl adjacent to an activating group) is 1.